The summed E-state index contributed by atoms with van der Waals surface area (Å²) in [6.45, 7) is 1.67. The van der Waals surface area contributed by atoms with E-state index in [9.17, 15) is 10.1 Å². The summed E-state index contributed by atoms with van der Waals surface area (Å²) in [4.78, 5) is 14.1. The lowest BCUT2D eigenvalue weighted by Gasteiger charge is -1.99. The van der Waals surface area contributed by atoms with Crippen LogP contribution < -0.4 is 5.73 Å². The highest BCUT2D eigenvalue weighted by Crippen LogP contribution is 2.23. The molecule has 0 saturated heterocycles. The highest BCUT2D eigenvalue weighted by molar-refractivity contribution is 5.60. The molecule has 16 heavy (non-hydrogen) atoms. The zero-order valence-electron chi connectivity index (χ0n) is 8.47. The van der Waals surface area contributed by atoms with Gasteiger partial charge in [-0.25, -0.2) is 0 Å². The average Bonchev–Trinajstić information content (AvgIpc) is 2.64. The molecule has 0 unspecified atom stereocenters. The lowest BCUT2D eigenvalue weighted by molar-refractivity contribution is -0.385. The summed E-state index contributed by atoms with van der Waals surface area (Å²) in [7, 11) is 0. The third kappa shape index (κ3) is 1.70. The van der Waals surface area contributed by atoms with Crippen molar-refractivity contribution in [3.05, 3.63) is 33.9 Å². The summed E-state index contributed by atoms with van der Waals surface area (Å²) in [5.74, 6) is 0.640. The number of hydrogen-bond donors (Lipinski definition) is 2. The van der Waals surface area contributed by atoms with Crippen molar-refractivity contribution in [3.63, 3.8) is 0 Å². The minimum atomic E-state index is -0.423. The van der Waals surface area contributed by atoms with Crippen LogP contribution in [-0.4, -0.2) is 20.1 Å². The van der Waals surface area contributed by atoms with E-state index >= 15 is 0 Å². The molecular formula is C9H9N5O2. The summed E-state index contributed by atoms with van der Waals surface area (Å²) < 4.78 is 0. The van der Waals surface area contributed by atoms with Crippen LogP contribution in [0.4, 0.5) is 11.6 Å². The van der Waals surface area contributed by atoms with Crippen molar-refractivity contribution in [2.24, 2.45) is 0 Å². The summed E-state index contributed by atoms with van der Waals surface area (Å²) >= 11 is 0. The molecule has 0 amide bonds. The Balaban J connectivity index is 2.45. The zero-order chi connectivity index (χ0) is 11.7. The lowest BCUT2D eigenvalue weighted by Crippen LogP contribution is -1.92. The second-order valence-electron chi connectivity index (χ2n) is 3.30. The maximum Gasteiger partial charge on any atom is 0.272 e. The molecule has 0 saturated carbocycles. The molecule has 0 aliphatic heterocycles. The number of nitrogens with zero attached hydrogens (tertiary/aromatic N) is 3. The number of aromatic nitrogens is 3. The van der Waals surface area contributed by atoms with Gasteiger partial charge in [0.05, 0.1) is 4.92 Å². The molecule has 0 radical (unpaired) electrons. The molecule has 1 aromatic heterocycles. The van der Waals surface area contributed by atoms with Gasteiger partial charge in [0.1, 0.15) is 0 Å². The van der Waals surface area contributed by atoms with Crippen molar-refractivity contribution in [3.8, 4) is 11.4 Å². The molecule has 1 heterocycles. The largest absolute Gasteiger partial charge is 0.366 e. The van der Waals surface area contributed by atoms with E-state index in [4.69, 9.17) is 5.73 Å². The maximum atomic E-state index is 10.6. The van der Waals surface area contributed by atoms with Crippen LogP contribution in [0.25, 0.3) is 11.4 Å². The molecule has 82 valence electrons. The Kier molecular flexibility index (Phi) is 2.28. The standard InChI is InChI=1S/C9H9N5O2/c1-5-4-6(2-3-7(5)14(15)16)8-11-9(10)13-12-8/h2-4H,1H3,(H3,10,11,12,13). The number of aromatic amines is 1. The van der Waals surface area contributed by atoms with Gasteiger partial charge in [0.2, 0.25) is 5.95 Å². The Morgan fingerprint density at radius 3 is 2.75 bits per heavy atom. The van der Waals surface area contributed by atoms with Crippen LogP contribution in [0.5, 0.6) is 0 Å². The molecule has 2 rings (SSSR count). The molecule has 0 aliphatic rings. The quantitative estimate of drug-likeness (QED) is 0.583. The summed E-state index contributed by atoms with van der Waals surface area (Å²) in [5, 5.41) is 17.0. The van der Waals surface area contributed by atoms with E-state index in [2.05, 4.69) is 15.2 Å². The predicted molar refractivity (Wildman–Crippen MR) is 57.6 cm³/mol. The molecule has 0 fully saturated rings. The number of hydrogen-bond acceptors (Lipinski definition) is 5. The van der Waals surface area contributed by atoms with E-state index in [0.717, 1.165) is 0 Å². The number of H-pyrrole nitrogens is 1. The van der Waals surface area contributed by atoms with Crippen molar-refractivity contribution in [2.75, 3.05) is 5.73 Å². The van der Waals surface area contributed by atoms with Gasteiger partial charge in [0.15, 0.2) is 5.82 Å². The highest BCUT2D eigenvalue weighted by atomic mass is 16.6. The summed E-state index contributed by atoms with van der Waals surface area (Å²) in [5.41, 5.74) is 6.73. The van der Waals surface area contributed by atoms with Crippen LogP contribution in [0.3, 0.4) is 0 Å². The second kappa shape index (κ2) is 3.61. The smallest absolute Gasteiger partial charge is 0.272 e. The van der Waals surface area contributed by atoms with Gasteiger partial charge >= 0.3 is 0 Å². The van der Waals surface area contributed by atoms with Gasteiger partial charge < -0.3 is 5.73 Å². The van der Waals surface area contributed by atoms with Crippen LogP contribution in [-0.2, 0) is 0 Å². The molecule has 0 bridgehead atoms. The van der Waals surface area contributed by atoms with Gasteiger partial charge in [-0.2, -0.15) is 4.98 Å². The van der Waals surface area contributed by atoms with E-state index in [0.29, 0.717) is 17.0 Å². The first kappa shape index (κ1) is 10.1. The normalized spacial score (nSPS) is 10.3. The van der Waals surface area contributed by atoms with E-state index in [1.807, 2.05) is 0 Å². The van der Waals surface area contributed by atoms with Crippen molar-refractivity contribution in [1.29, 1.82) is 0 Å². The maximum absolute atomic E-state index is 10.6. The number of anilines is 1. The second-order valence-corrected chi connectivity index (χ2v) is 3.30. The highest BCUT2D eigenvalue weighted by Gasteiger charge is 2.12. The fraction of sp³-hybridized carbons (Fsp3) is 0.111. The molecule has 7 nitrogen and oxygen atoms in total. The number of benzene rings is 1. The monoisotopic (exact) mass is 219 g/mol. The Morgan fingerprint density at radius 1 is 1.50 bits per heavy atom. The number of nitrogen functional groups attached to an aromatic ring is 1. The number of aryl methyl sites for hydroxylation is 1. The van der Waals surface area contributed by atoms with Gasteiger partial charge in [-0.05, 0) is 19.1 Å². The van der Waals surface area contributed by atoms with Crippen LogP contribution in [0.2, 0.25) is 0 Å². The first-order valence-electron chi connectivity index (χ1n) is 4.51. The summed E-state index contributed by atoms with van der Waals surface area (Å²) in [6, 6.07) is 4.70. The van der Waals surface area contributed by atoms with E-state index in [1.165, 1.54) is 6.07 Å². The van der Waals surface area contributed by atoms with Crippen molar-refractivity contribution >= 4 is 11.6 Å². The van der Waals surface area contributed by atoms with E-state index in [1.54, 1.807) is 19.1 Å². The molecule has 0 atom stereocenters. The minimum Gasteiger partial charge on any atom is -0.366 e. The lowest BCUT2D eigenvalue weighted by atomic mass is 10.1. The molecule has 0 aliphatic carbocycles. The Morgan fingerprint density at radius 2 is 2.25 bits per heavy atom. The van der Waals surface area contributed by atoms with Crippen LogP contribution in [0.1, 0.15) is 5.56 Å². The van der Waals surface area contributed by atoms with Gasteiger partial charge in [-0.15, -0.1) is 5.10 Å². The fourth-order valence-corrected chi connectivity index (χ4v) is 1.41. The molecule has 0 spiro atoms. The number of nitro benzene ring substituents is 1. The van der Waals surface area contributed by atoms with Crippen molar-refractivity contribution < 1.29 is 4.92 Å². The molecule has 2 aromatic rings. The van der Waals surface area contributed by atoms with Crippen LogP contribution in [0, 0.1) is 17.0 Å². The van der Waals surface area contributed by atoms with Gasteiger partial charge in [-0.3, -0.25) is 15.2 Å². The van der Waals surface area contributed by atoms with Gasteiger partial charge in [-0.1, -0.05) is 0 Å². The Labute approximate surface area is 90.5 Å². The molecule has 7 heteroatoms. The molecule has 3 N–H and O–H groups in total. The number of nitrogens with two attached hydrogens (primary N) is 1. The number of nitro groups is 1. The number of nitrogens with one attached hydrogen (secondary N) is 1. The van der Waals surface area contributed by atoms with Gasteiger partial charge in [0, 0.05) is 17.2 Å². The van der Waals surface area contributed by atoms with Crippen molar-refractivity contribution in [2.45, 2.75) is 6.92 Å². The third-order valence-corrected chi connectivity index (χ3v) is 2.17. The van der Waals surface area contributed by atoms with E-state index < -0.39 is 4.92 Å². The molecule has 1 aromatic carbocycles. The minimum absolute atomic E-state index is 0.0798. The third-order valence-electron chi connectivity index (χ3n) is 2.17. The van der Waals surface area contributed by atoms with Crippen LogP contribution >= 0.6 is 0 Å². The Bertz CT molecular complexity index is 549. The zero-order valence-corrected chi connectivity index (χ0v) is 8.47. The topological polar surface area (TPSA) is 111 Å². The van der Waals surface area contributed by atoms with Crippen molar-refractivity contribution in [1.82, 2.24) is 15.2 Å². The SMILES string of the molecule is Cc1cc(-c2nc(N)n[nH]2)ccc1[N+](=O)[O-]. The van der Waals surface area contributed by atoms with E-state index in [-0.39, 0.29) is 11.6 Å². The van der Waals surface area contributed by atoms with Crippen LogP contribution in [0.15, 0.2) is 18.2 Å². The predicted octanol–water partition coefficient (Wildman–Crippen LogP) is 1.27. The Hall–Kier alpha value is -2.44. The number of rotatable bonds is 2. The first-order valence-corrected chi connectivity index (χ1v) is 4.51. The fourth-order valence-electron chi connectivity index (χ4n) is 1.41. The van der Waals surface area contributed by atoms with Gasteiger partial charge in [0.25, 0.3) is 5.69 Å². The average molecular weight is 219 g/mol. The summed E-state index contributed by atoms with van der Waals surface area (Å²) in [6.07, 6.45) is 0. The first-order chi connectivity index (χ1) is 7.58. The molecular weight excluding hydrogens is 210 g/mol.